The summed E-state index contributed by atoms with van der Waals surface area (Å²) in [5, 5.41) is 0. The first-order valence-corrected chi connectivity index (χ1v) is 9.10. The van der Waals surface area contributed by atoms with Crippen molar-refractivity contribution in [2.24, 2.45) is 22.2 Å². The normalized spacial score (nSPS) is 28.4. The molecule has 0 aromatic rings. The van der Waals surface area contributed by atoms with Crippen molar-refractivity contribution in [3.8, 4) is 0 Å². The maximum Gasteiger partial charge on any atom is 0.294 e. The van der Waals surface area contributed by atoms with Crippen LogP contribution < -0.4 is 0 Å². The Hall–Kier alpha value is -0.180. The van der Waals surface area contributed by atoms with Crippen LogP contribution in [-0.4, -0.2) is 19.1 Å². The van der Waals surface area contributed by atoms with Gasteiger partial charge in [-0.25, -0.2) is 0 Å². The molecule has 3 nitrogen and oxygen atoms in total. The number of allylic oxidation sites excluding steroid dienone is 3. The predicted octanol–water partition coefficient (Wildman–Crippen LogP) is 3.90. The van der Waals surface area contributed by atoms with Crippen molar-refractivity contribution in [3.63, 3.8) is 0 Å². The van der Waals surface area contributed by atoms with E-state index in [-0.39, 0.29) is 27.1 Å². The quantitative estimate of drug-likeness (QED) is 0.620. The van der Waals surface area contributed by atoms with E-state index in [1.54, 1.807) is 12.2 Å². The van der Waals surface area contributed by atoms with Crippen molar-refractivity contribution in [1.82, 2.24) is 0 Å². The molecule has 0 radical (unpaired) electrons. The van der Waals surface area contributed by atoms with E-state index in [4.69, 9.17) is 0 Å². The highest BCUT2D eigenvalue weighted by Gasteiger charge is 2.50. The molecule has 1 aliphatic carbocycles. The molecule has 0 aliphatic heterocycles. The van der Waals surface area contributed by atoms with E-state index in [9.17, 15) is 13.0 Å². The molecular formula is C15H27O3PS. The van der Waals surface area contributed by atoms with Crippen LogP contribution in [0.5, 0.6) is 0 Å². The van der Waals surface area contributed by atoms with Crippen LogP contribution in [-0.2, 0) is 10.1 Å². The first-order chi connectivity index (χ1) is 8.75. The van der Waals surface area contributed by atoms with Crippen molar-refractivity contribution < 1.29 is 13.0 Å². The molecule has 0 aromatic carbocycles. The molecular weight excluding hydrogens is 291 g/mol. The van der Waals surface area contributed by atoms with Gasteiger partial charge in [-0.05, 0) is 29.0 Å². The van der Waals surface area contributed by atoms with Gasteiger partial charge in [-0.2, -0.15) is 8.42 Å². The number of hydrogen-bond acceptors (Lipinski definition) is 2. The van der Waals surface area contributed by atoms with E-state index >= 15 is 0 Å². The zero-order valence-electron chi connectivity index (χ0n) is 13.3. The van der Waals surface area contributed by atoms with Gasteiger partial charge < -0.3 is 0 Å². The van der Waals surface area contributed by atoms with Crippen LogP contribution >= 0.6 is 9.24 Å². The van der Waals surface area contributed by atoms with Crippen LogP contribution in [0.3, 0.4) is 0 Å². The predicted molar refractivity (Wildman–Crippen MR) is 88.2 cm³/mol. The molecule has 1 rings (SSSR count). The lowest BCUT2D eigenvalue weighted by atomic mass is 9.53. The Morgan fingerprint density at radius 2 is 1.75 bits per heavy atom. The SMILES string of the molecule is CC(C)(C)C1C=C(S(=O)(=O)O)C=CC1(CP)C(C)(C)C. The van der Waals surface area contributed by atoms with Gasteiger partial charge in [0.2, 0.25) is 0 Å². The van der Waals surface area contributed by atoms with Gasteiger partial charge in [0.05, 0.1) is 4.91 Å². The summed E-state index contributed by atoms with van der Waals surface area (Å²) in [5.74, 6) is 0.0226. The van der Waals surface area contributed by atoms with Gasteiger partial charge in [-0.3, -0.25) is 4.55 Å². The summed E-state index contributed by atoms with van der Waals surface area (Å²) in [7, 11) is -1.36. The van der Waals surface area contributed by atoms with E-state index in [0.717, 1.165) is 6.16 Å². The Bertz CT molecular complexity index is 532. The summed E-state index contributed by atoms with van der Waals surface area (Å²) in [4.78, 5) is 0.00995. The fraction of sp³-hybridized carbons (Fsp3) is 0.733. The molecule has 3 unspecified atom stereocenters. The molecule has 0 heterocycles. The summed E-state index contributed by atoms with van der Waals surface area (Å²) in [5.41, 5.74) is -0.293. The molecule has 0 saturated carbocycles. The molecule has 116 valence electrons. The zero-order valence-corrected chi connectivity index (χ0v) is 15.2. The van der Waals surface area contributed by atoms with Crippen LogP contribution in [0, 0.1) is 22.2 Å². The van der Waals surface area contributed by atoms with Gasteiger partial charge in [0, 0.05) is 5.41 Å². The Morgan fingerprint density at radius 3 is 2.05 bits per heavy atom. The highest BCUT2D eigenvalue weighted by atomic mass is 32.2. The maximum absolute atomic E-state index is 11.4. The summed E-state index contributed by atoms with van der Waals surface area (Å²) in [6, 6.07) is 0. The maximum atomic E-state index is 11.4. The van der Waals surface area contributed by atoms with E-state index in [0.29, 0.717) is 0 Å². The summed E-state index contributed by atoms with van der Waals surface area (Å²) in [6.45, 7) is 12.8. The van der Waals surface area contributed by atoms with Gasteiger partial charge >= 0.3 is 0 Å². The van der Waals surface area contributed by atoms with Crippen LogP contribution in [0.15, 0.2) is 23.1 Å². The molecule has 5 heteroatoms. The minimum atomic E-state index is -4.16. The van der Waals surface area contributed by atoms with Gasteiger partial charge in [0.25, 0.3) is 10.1 Å². The third kappa shape index (κ3) is 3.18. The summed E-state index contributed by atoms with van der Waals surface area (Å²) >= 11 is 0. The molecule has 3 atom stereocenters. The van der Waals surface area contributed by atoms with Crippen molar-refractivity contribution >= 4 is 19.4 Å². The van der Waals surface area contributed by atoms with Crippen molar-refractivity contribution in [2.75, 3.05) is 6.16 Å². The minimum absolute atomic E-state index is 0.00995. The van der Waals surface area contributed by atoms with Gasteiger partial charge in [-0.15, -0.1) is 9.24 Å². The second-order valence-corrected chi connectivity index (χ2v) is 9.55. The van der Waals surface area contributed by atoms with E-state index < -0.39 is 10.1 Å². The average Bonchev–Trinajstić information content (AvgIpc) is 2.24. The van der Waals surface area contributed by atoms with E-state index in [2.05, 4.69) is 50.8 Å². The lowest BCUT2D eigenvalue weighted by Crippen LogP contribution is -2.48. The lowest BCUT2D eigenvalue weighted by Gasteiger charge is -2.53. The number of hydrogen-bond donors (Lipinski definition) is 1. The van der Waals surface area contributed by atoms with E-state index in [1.807, 2.05) is 6.08 Å². The highest BCUT2D eigenvalue weighted by Crippen LogP contribution is 2.56. The van der Waals surface area contributed by atoms with Crippen LogP contribution in [0.25, 0.3) is 0 Å². The standard InChI is InChI=1S/C15H27O3PS/c1-13(2,3)12-9-11(20(16,17)18)7-8-15(12,10-19)14(4,5)6/h7-9,12H,10,19H2,1-6H3,(H,16,17,18). The average molecular weight is 318 g/mol. The smallest absolute Gasteiger partial charge is 0.282 e. The largest absolute Gasteiger partial charge is 0.294 e. The van der Waals surface area contributed by atoms with Crippen LogP contribution in [0.4, 0.5) is 0 Å². The van der Waals surface area contributed by atoms with Crippen LogP contribution in [0.2, 0.25) is 0 Å². The molecule has 0 bridgehead atoms. The second-order valence-electron chi connectivity index (χ2n) is 7.72. The van der Waals surface area contributed by atoms with Gasteiger partial charge in [0.15, 0.2) is 0 Å². The van der Waals surface area contributed by atoms with Gasteiger partial charge in [-0.1, -0.05) is 53.7 Å². The van der Waals surface area contributed by atoms with Crippen LogP contribution in [0.1, 0.15) is 41.5 Å². The van der Waals surface area contributed by atoms with E-state index in [1.165, 1.54) is 0 Å². The minimum Gasteiger partial charge on any atom is -0.282 e. The molecule has 0 spiro atoms. The molecule has 0 fully saturated rings. The molecule has 1 N–H and O–H groups in total. The summed E-state index contributed by atoms with van der Waals surface area (Å²) in [6.07, 6.45) is 6.08. The first kappa shape index (κ1) is 17.9. The fourth-order valence-corrected chi connectivity index (χ4v) is 4.67. The lowest BCUT2D eigenvalue weighted by molar-refractivity contribution is 0.0511. The fourth-order valence-electron chi connectivity index (χ4n) is 3.12. The van der Waals surface area contributed by atoms with Crippen molar-refractivity contribution in [2.45, 2.75) is 41.5 Å². The molecule has 0 amide bonds. The first-order valence-electron chi connectivity index (χ1n) is 6.84. The third-order valence-corrected chi connectivity index (χ3v) is 5.94. The topological polar surface area (TPSA) is 54.4 Å². The molecule has 0 aromatic heterocycles. The molecule has 20 heavy (non-hydrogen) atoms. The third-order valence-electron chi connectivity index (χ3n) is 4.40. The molecule has 1 aliphatic rings. The Kier molecular flexibility index (Phi) is 4.67. The monoisotopic (exact) mass is 318 g/mol. The Morgan fingerprint density at radius 1 is 1.25 bits per heavy atom. The molecule has 0 saturated heterocycles. The Labute approximate surface area is 125 Å². The Balaban J connectivity index is 3.53. The zero-order chi connectivity index (χ0) is 16.0. The highest BCUT2D eigenvalue weighted by molar-refractivity contribution is 7.90. The number of rotatable bonds is 2. The second kappa shape index (κ2) is 5.23. The van der Waals surface area contributed by atoms with Crippen molar-refractivity contribution in [3.05, 3.63) is 23.1 Å². The van der Waals surface area contributed by atoms with Crippen molar-refractivity contribution in [1.29, 1.82) is 0 Å². The van der Waals surface area contributed by atoms with Gasteiger partial charge in [0.1, 0.15) is 0 Å². The summed E-state index contributed by atoms with van der Waals surface area (Å²) < 4.78 is 32.2.